The van der Waals surface area contributed by atoms with E-state index in [1.807, 2.05) is 23.1 Å². The van der Waals surface area contributed by atoms with E-state index in [4.69, 9.17) is 4.98 Å². The molecule has 1 aliphatic carbocycles. The first-order valence-electron chi connectivity index (χ1n) is 7.74. The van der Waals surface area contributed by atoms with E-state index in [1.54, 1.807) is 0 Å². The monoisotopic (exact) mass is 318 g/mol. The minimum absolute atomic E-state index is 0.746. The zero-order valence-corrected chi connectivity index (χ0v) is 14.1. The van der Waals surface area contributed by atoms with Crippen LogP contribution < -0.4 is 5.32 Å². The Hall–Kier alpha value is -0.840. The maximum Gasteiger partial charge on any atom is 0.103 e. The van der Waals surface area contributed by atoms with Crippen molar-refractivity contribution in [1.29, 1.82) is 0 Å². The molecule has 1 saturated carbocycles. The Bertz CT molecular complexity index is 561. The molecule has 2 aromatic rings. The first-order valence-corrected chi connectivity index (χ1v) is 9.54. The summed E-state index contributed by atoms with van der Waals surface area (Å²) in [5.74, 6) is 1.73. The van der Waals surface area contributed by atoms with Crippen molar-refractivity contribution < 1.29 is 0 Å². The number of thioether (sulfide) groups is 1. The average Bonchev–Trinajstić information content (AvgIpc) is 3.28. The number of nitrogens with zero attached hydrogens (tertiary/aromatic N) is 1. The minimum atomic E-state index is 0.746. The largest absolute Gasteiger partial charge is 0.312 e. The molecule has 1 N–H and O–H groups in total. The fourth-order valence-corrected chi connectivity index (χ4v) is 4.35. The Labute approximate surface area is 135 Å². The van der Waals surface area contributed by atoms with Gasteiger partial charge in [-0.25, -0.2) is 4.98 Å². The molecule has 1 fully saturated rings. The van der Waals surface area contributed by atoms with Gasteiger partial charge >= 0.3 is 0 Å². The van der Waals surface area contributed by atoms with Gasteiger partial charge in [0.25, 0.3) is 0 Å². The number of nitrogens with one attached hydrogen (secondary N) is 1. The zero-order valence-electron chi connectivity index (χ0n) is 12.5. The van der Waals surface area contributed by atoms with Crippen LogP contribution in [0, 0.1) is 0 Å². The second-order valence-electron chi connectivity index (χ2n) is 5.47. The van der Waals surface area contributed by atoms with Crippen LogP contribution in [-0.4, -0.2) is 11.5 Å². The lowest BCUT2D eigenvalue weighted by molar-refractivity contribution is 0.676. The fraction of sp³-hybridized carbons (Fsp3) is 0.471. The third-order valence-corrected chi connectivity index (χ3v) is 5.83. The molecule has 0 radical (unpaired) electrons. The van der Waals surface area contributed by atoms with Crippen LogP contribution in [0.4, 0.5) is 0 Å². The topological polar surface area (TPSA) is 24.9 Å². The number of hydrogen-bond acceptors (Lipinski definition) is 4. The summed E-state index contributed by atoms with van der Waals surface area (Å²) < 4.78 is 0. The first-order chi connectivity index (χ1) is 10.4. The average molecular weight is 319 g/mol. The van der Waals surface area contributed by atoms with Gasteiger partial charge in [0.2, 0.25) is 0 Å². The van der Waals surface area contributed by atoms with Crippen LogP contribution in [0.2, 0.25) is 0 Å². The molecule has 21 heavy (non-hydrogen) atoms. The molecule has 0 atom stereocenters. The predicted octanol–water partition coefficient (Wildman–Crippen LogP) is 4.81. The van der Waals surface area contributed by atoms with E-state index in [0.717, 1.165) is 24.8 Å². The predicted molar refractivity (Wildman–Crippen MR) is 92.1 cm³/mol. The van der Waals surface area contributed by atoms with Crippen LogP contribution in [0.3, 0.4) is 0 Å². The van der Waals surface area contributed by atoms with Gasteiger partial charge in [-0.15, -0.1) is 23.1 Å². The van der Waals surface area contributed by atoms with Gasteiger partial charge in [0.05, 0.1) is 11.4 Å². The molecule has 4 heteroatoms. The first kappa shape index (κ1) is 15.1. The van der Waals surface area contributed by atoms with Gasteiger partial charge in [-0.2, -0.15) is 0 Å². The summed E-state index contributed by atoms with van der Waals surface area (Å²) in [7, 11) is 0. The summed E-state index contributed by atoms with van der Waals surface area (Å²) in [5.41, 5.74) is 1.38. The molecule has 1 aromatic heterocycles. The number of benzene rings is 1. The third kappa shape index (κ3) is 4.31. The van der Waals surface area contributed by atoms with Crippen molar-refractivity contribution in [2.75, 3.05) is 6.54 Å². The van der Waals surface area contributed by atoms with Crippen LogP contribution in [0.15, 0.2) is 35.2 Å². The van der Waals surface area contributed by atoms with Gasteiger partial charge in [0, 0.05) is 22.2 Å². The van der Waals surface area contributed by atoms with E-state index in [2.05, 4.69) is 42.6 Å². The molecular formula is C17H22N2S2. The lowest BCUT2D eigenvalue weighted by Gasteiger charge is -2.01. The highest BCUT2D eigenvalue weighted by molar-refractivity contribution is 7.98. The van der Waals surface area contributed by atoms with Crippen molar-refractivity contribution in [2.24, 2.45) is 0 Å². The van der Waals surface area contributed by atoms with Gasteiger partial charge < -0.3 is 5.32 Å². The Morgan fingerprint density at radius 1 is 1.29 bits per heavy atom. The maximum absolute atomic E-state index is 4.92. The molecule has 0 bridgehead atoms. The van der Waals surface area contributed by atoms with Gasteiger partial charge in [-0.3, -0.25) is 0 Å². The Morgan fingerprint density at radius 2 is 2.10 bits per heavy atom. The normalized spacial score (nSPS) is 14.5. The number of hydrogen-bond donors (Lipinski definition) is 1. The zero-order chi connectivity index (χ0) is 14.5. The Balaban J connectivity index is 1.63. The lowest BCUT2D eigenvalue weighted by atomic mass is 10.2. The van der Waals surface area contributed by atoms with Crippen molar-refractivity contribution in [3.8, 4) is 0 Å². The quantitative estimate of drug-likeness (QED) is 0.558. The van der Waals surface area contributed by atoms with Crippen molar-refractivity contribution >= 4 is 23.1 Å². The SMILES string of the molecule is CCCNCc1sc(CSc2ccccc2)nc1C1CC1. The third-order valence-electron chi connectivity index (χ3n) is 3.55. The van der Waals surface area contributed by atoms with E-state index in [-0.39, 0.29) is 0 Å². The molecule has 1 heterocycles. The van der Waals surface area contributed by atoms with Crippen molar-refractivity contribution in [3.63, 3.8) is 0 Å². The number of thiazole rings is 1. The number of aromatic nitrogens is 1. The second kappa shape index (κ2) is 7.43. The minimum Gasteiger partial charge on any atom is -0.312 e. The number of rotatable bonds is 8. The summed E-state index contributed by atoms with van der Waals surface area (Å²) >= 11 is 3.79. The highest BCUT2D eigenvalue weighted by Gasteiger charge is 2.29. The lowest BCUT2D eigenvalue weighted by Crippen LogP contribution is -2.13. The molecule has 112 valence electrons. The van der Waals surface area contributed by atoms with Crippen LogP contribution in [0.1, 0.15) is 47.7 Å². The van der Waals surface area contributed by atoms with E-state index in [1.165, 1.54) is 39.7 Å². The standard InChI is InChI=1S/C17H22N2S2/c1-2-10-18-11-15-17(13-8-9-13)19-16(21-15)12-20-14-6-4-3-5-7-14/h3-7,13,18H,2,8-12H2,1H3. The van der Waals surface area contributed by atoms with Crippen molar-refractivity contribution in [1.82, 2.24) is 10.3 Å². The van der Waals surface area contributed by atoms with Gasteiger partial charge in [-0.1, -0.05) is 25.1 Å². The summed E-state index contributed by atoms with van der Waals surface area (Å²) in [6, 6.07) is 10.6. The summed E-state index contributed by atoms with van der Waals surface area (Å²) in [6.45, 7) is 4.30. The smallest absolute Gasteiger partial charge is 0.103 e. The van der Waals surface area contributed by atoms with E-state index in [0.29, 0.717) is 0 Å². The second-order valence-corrected chi connectivity index (χ2v) is 7.69. The van der Waals surface area contributed by atoms with E-state index < -0.39 is 0 Å². The fourth-order valence-electron chi connectivity index (χ4n) is 2.32. The highest BCUT2D eigenvalue weighted by Crippen LogP contribution is 2.43. The van der Waals surface area contributed by atoms with Crippen LogP contribution in [0.5, 0.6) is 0 Å². The van der Waals surface area contributed by atoms with E-state index >= 15 is 0 Å². The summed E-state index contributed by atoms with van der Waals surface area (Å²) in [6.07, 6.45) is 3.85. The molecule has 2 nitrogen and oxygen atoms in total. The van der Waals surface area contributed by atoms with Crippen LogP contribution >= 0.6 is 23.1 Å². The molecule has 0 aliphatic heterocycles. The highest BCUT2D eigenvalue weighted by atomic mass is 32.2. The molecule has 0 unspecified atom stereocenters. The molecule has 1 aliphatic rings. The van der Waals surface area contributed by atoms with Gasteiger partial charge in [-0.05, 0) is 37.9 Å². The van der Waals surface area contributed by atoms with Crippen molar-refractivity contribution in [3.05, 3.63) is 45.9 Å². The van der Waals surface area contributed by atoms with E-state index in [9.17, 15) is 0 Å². The van der Waals surface area contributed by atoms with Crippen molar-refractivity contribution in [2.45, 2.75) is 49.3 Å². The van der Waals surface area contributed by atoms with Crippen LogP contribution in [0.25, 0.3) is 0 Å². The molecular weight excluding hydrogens is 296 g/mol. The maximum atomic E-state index is 4.92. The Morgan fingerprint density at radius 3 is 2.81 bits per heavy atom. The van der Waals surface area contributed by atoms with Gasteiger partial charge in [0.15, 0.2) is 0 Å². The van der Waals surface area contributed by atoms with Crippen LogP contribution in [-0.2, 0) is 12.3 Å². The molecule has 0 spiro atoms. The molecule has 0 saturated heterocycles. The molecule has 0 amide bonds. The Kier molecular flexibility index (Phi) is 5.33. The molecule has 1 aromatic carbocycles. The van der Waals surface area contributed by atoms with Gasteiger partial charge in [0.1, 0.15) is 5.01 Å². The molecule has 3 rings (SSSR count). The summed E-state index contributed by atoms with van der Waals surface area (Å²) in [5, 5.41) is 4.80. The summed E-state index contributed by atoms with van der Waals surface area (Å²) in [4.78, 5) is 7.72.